The third-order valence-corrected chi connectivity index (χ3v) is 6.86. The Bertz CT molecular complexity index is 1530. The Kier molecular flexibility index (Phi) is 5.21. The molecule has 6 rings (SSSR count). The largest absolute Gasteiger partial charge is 0.507 e. The van der Waals surface area contributed by atoms with Gasteiger partial charge in [-0.05, 0) is 35.9 Å². The molecule has 2 aromatic heterocycles. The van der Waals surface area contributed by atoms with E-state index in [1.165, 1.54) is 4.90 Å². The predicted molar refractivity (Wildman–Crippen MR) is 136 cm³/mol. The van der Waals surface area contributed by atoms with Gasteiger partial charge in [-0.1, -0.05) is 24.3 Å². The van der Waals surface area contributed by atoms with Crippen molar-refractivity contribution in [3.8, 4) is 5.75 Å². The van der Waals surface area contributed by atoms with Crippen molar-refractivity contribution >= 4 is 34.0 Å². The molecule has 0 saturated carbocycles. The molecule has 1 unspecified atom stereocenters. The molecular formula is C28H24N4O4. The van der Waals surface area contributed by atoms with Gasteiger partial charge in [0, 0.05) is 54.2 Å². The van der Waals surface area contributed by atoms with Gasteiger partial charge < -0.3 is 24.6 Å². The average molecular weight is 481 g/mol. The summed E-state index contributed by atoms with van der Waals surface area (Å²) in [4.78, 5) is 37.7. The van der Waals surface area contributed by atoms with E-state index in [0.717, 1.165) is 27.7 Å². The molecule has 180 valence electrons. The number of H-pyrrole nitrogens is 1. The smallest absolute Gasteiger partial charge is 0.295 e. The van der Waals surface area contributed by atoms with Crippen LogP contribution >= 0.6 is 0 Å². The van der Waals surface area contributed by atoms with E-state index in [1.807, 2.05) is 42.3 Å². The lowest BCUT2D eigenvalue weighted by Gasteiger charge is -2.28. The summed E-state index contributed by atoms with van der Waals surface area (Å²) in [5.41, 5.74) is 3.75. The van der Waals surface area contributed by atoms with Gasteiger partial charge >= 0.3 is 0 Å². The SMILES string of the molecule is CN1CCOc2ccc(/C(O)=C3\C(=O)C(=O)N(Cc4cccnc4)C3c3c[nH]c4ccccc34)cc21. The van der Waals surface area contributed by atoms with Gasteiger partial charge in [-0.3, -0.25) is 14.6 Å². The number of amides is 1. The van der Waals surface area contributed by atoms with Crippen LogP contribution in [0.25, 0.3) is 16.7 Å². The highest BCUT2D eigenvalue weighted by atomic mass is 16.5. The first kappa shape index (κ1) is 21.9. The van der Waals surface area contributed by atoms with Crippen molar-refractivity contribution in [2.24, 2.45) is 0 Å². The van der Waals surface area contributed by atoms with Crippen molar-refractivity contribution in [2.75, 3.05) is 25.1 Å². The van der Waals surface area contributed by atoms with E-state index in [0.29, 0.717) is 24.5 Å². The van der Waals surface area contributed by atoms with Gasteiger partial charge in [0.2, 0.25) is 0 Å². The van der Waals surface area contributed by atoms with Crippen molar-refractivity contribution in [2.45, 2.75) is 12.6 Å². The number of Topliss-reactive ketones (excluding diaryl/α,β-unsaturated/α-hetero) is 1. The molecule has 2 aliphatic rings. The van der Waals surface area contributed by atoms with Gasteiger partial charge in [0.05, 0.1) is 23.8 Å². The normalized spacial score (nSPS) is 19.0. The van der Waals surface area contributed by atoms with E-state index < -0.39 is 17.7 Å². The number of para-hydroxylation sites is 1. The second-order valence-electron chi connectivity index (χ2n) is 9.03. The Hall–Kier alpha value is -4.59. The van der Waals surface area contributed by atoms with E-state index >= 15 is 0 Å². The monoisotopic (exact) mass is 480 g/mol. The van der Waals surface area contributed by atoms with Crippen molar-refractivity contribution < 1.29 is 19.4 Å². The number of nitrogens with zero attached hydrogens (tertiary/aromatic N) is 3. The van der Waals surface area contributed by atoms with E-state index in [1.54, 1.807) is 42.9 Å². The maximum atomic E-state index is 13.4. The molecule has 4 heterocycles. The fraction of sp³-hybridized carbons (Fsp3) is 0.179. The highest BCUT2D eigenvalue weighted by molar-refractivity contribution is 6.46. The minimum absolute atomic E-state index is 0.0629. The average Bonchev–Trinajstić information content (AvgIpc) is 3.43. The molecule has 1 amide bonds. The number of carbonyl (C=O) groups excluding carboxylic acids is 2. The molecule has 8 nitrogen and oxygen atoms in total. The number of aromatic nitrogens is 2. The third-order valence-electron chi connectivity index (χ3n) is 6.86. The number of carbonyl (C=O) groups is 2. The summed E-state index contributed by atoms with van der Waals surface area (Å²) < 4.78 is 5.73. The number of nitrogens with one attached hydrogen (secondary N) is 1. The fourth-order valence-electron chi connectivity index (χ4n) is 5.03. The Morgan fingerprint density at radius 3 is 2.86 bits per heavy atom. The van der Waals surface area contributed by atoms with Crippen LogP contribution in [0.5, 0.6) is 5.75 Å². The fourth-order valence-corrected chi connectivity index (χ4v) is 5.03. The zero-order valence-corrected chi connectivity index (χ0v) is 19.6. The number of likely N-dealkylation sites (tertiary alicyclic amines) is 1. The molecule has 0 radical (unpaired) electrons. The minimum atomic E-state index is -0.772. The molecule has 0 aliphatic carbocycles. The van der Waals surface area contributed by atoms with Gasteiger partial charge in [0.1, 0.15) is 18.1 Å². The summed E-state index contributed by atoms with van der Waals surface area (Å²) in [7, 11) is 1.95. The maximum Gasteiger partial charge on any atom is 0.295 e. The Balaban J connectivity index is 1.53. The zero-order valence-electron chi connectivity index (χ0n) is 19.6. The van der Waals surface area contributed by atoms with E-state index in [-0.39, 0.29) is 17.9 Å². The number of hydrogen-bond acceptors (Lipinski definition) is 6. The summed E-state index contributed by atoms with van der Waals surface area (Å²) in [5.74, 6) is -0.868. The Morgan fingerprint density at radius 2 is 2.03 bits per heavy atom. The molecular weight excluding hydrogens is 456 g/mol. The number of likely N-dealkylation sites (N-methyl/N-ethyl adjacent to an activating group) is 1. The quantitative estimate of drug-likeness (QED) is 0.260. The molecule has 0 spiro atoms. The number of rotatable bonds is 4. The van der Waals surface area contributed by atoms with Gasteiger partial charge in [-0.25, -0.2) is 0 Å². The van der Waals surface area contributed by atoms with E-state index in [2.05, 4.69) is 9.97 Å². The van der Waals surface area contributed by atoms with Gasteiger partial charge in [0.25, 0.3) is 11.7 Å². The second kappa shape index (κ2) is 8.57. The number of benzene rings is 2. The van der Waals surface area contributed by atoms with Crippen LogP contribution in [0.1, 0.15) is 22.7 Å². The van der Waals surface area contributed by atoms with E-state index in [9.17, 15) is 14.7 Å². The summed E-state index contributed by atoms with van der Waals surface area (Å²) in [6, 6.07) is 15.9. The molecule has 2 aliphatic heterocycles. The second-order valence-corrected chi connectivity index (χ2v) is 9.03. The number of aliphatic hydroxyl groups excluding tert-OH is 1. The molecule has 2 aromatic carbocycles. The minimum Gasteiger partial charge on any atom is -0.507 e. The van der Waals surface area contributed by atoms with Gasteiger partial charge in [-0.2, -0.15) is 0 Å². The van der Waals surface area contributed by atoms with Crippen molar-refractivity contribution in [3.63, 3.8) is 0 Å². The van der Waals surface area contributed by atoms with Crippen LogP contribution in [-0.4, -0.2) is 51.9 Å². The molecule has 2 N–H and O–H groups in total. The van der Waals surface area contributed by atoms with Crippen LogP contribution in [0.2, 0.25) is 0 Å². The molecule has 8 heteroatoms. The molecule has 0 bridgehead atoms. The first-order chi connectivity index (χ1) is 17.5. The molecule has 1 atom stereocenters. The highest BCUT2D eigenvalue weighted by Gasteiger charge is 2.47. The molecule has 36 heavy (non-hydrogen) atoms. The molecule has 1 saturated heterocycles. The molecule has 4 aromatic rings. The van der Waals surface area contributed by atoms with Gasteiger partial charge in [0.15, 0.2) is 0 Å². The van der Waals surface area contributed by atoms with E-state index in [4.69, 9.17) is 4.74 Å². The van der Waals surface area contributed by atoms with Crippen molar-refractivity contribution in [1.82, 2.24) is 14.9 Å². The summed E-state index contributed by atoms with van der Waals surface area (Å²) in [6.45, 7) is 1.47. The zero-order chi connectivity index (χ0) is 24.8. The first-order valence-electron chi connectivity index (χ1n) is 11.7. The Morgan fingerprint density at radius 1 is 1.17 bits per heavy atom. The van der Waals surface area contributed by atoms with Crippen LogP contribution in [0.15, 0.2) is 78.8 Å². The third kappa shape index (κ3) is 3.50. The summed E-state index contributed by atoms with van der Waals surface area (Å²) in [5, 5.41) is 12.4. The number of aromatic amines is 1. The highest BCUT2D eigenvalue weighted by Crippen LogP contribution is 2.43. The summed E-state index contributed by atoms with van der Waals surface area (Å²) in [6.07, 6.45) is 5.13. The lowest BCUT2D eigenvalue weighted by molar-refractivity contribution is -0.140. The number of ether oxygens (including phenoxy) is 1. The van der Waals surface area contributed by atoms with Crippen LogP contribution in [-0.2, 0) is 16.1 Å². The molecule has 1 fully saturated rings. The Labute approximate surface area is 207 Å². The standard InChI is InChI=1S/C28H24N4O4/c1-31-11-12-36-23-9-8-18(13-22(23)31)26(33)24-25(20-15-30-21-7-3-2-6-19(20)21)32(28(35)27(24)34)16-17-5-4-10-29-14-17/h2-10,13-15,25,30,33H,11-12,16H2,1H3/b26-24+. The van der Waals surface area contributed by atoms with Crippen molar-refractivity contribution in [1.29, 1.82) is 0 Å². The first-order valence-corrected chi connectivity index (χ1v) is 11.7. The van der Waals surface area contributed by atoms with Crippen LogP contribution in [0.3, 0.4) is 0 Å². The number of aliphatic hydroxyl groups is 1. The predicted octanol–water partition coefficient (Wildman–Crippen LogP) is 4.01. The number of hydrogen-bond donors (Lipinski definition) is 2. The van der Waals surface area contributed by atoms with Crippen LogP contribution < -0.4 is 9.64 Å². The number of pyridine rings is 1. The number of fused-ring (bicyclic) bond motifs is 2. The van der Waals surface area contributed by atoms with Crippen molar-refractivity contribution in [3.05, 3.63) is 95.5 Å². The number of anilines is 1. The maximum absolute atomic E-state index is 13.4. The topological polar surface area (TPSA) is 98.8 Å². The summed E-state index contributed by atoms with van der Waals surface area (Å²) >= 11 is 0. The lowest BCUT2D eigenvalue weighted by Crippen LogP contribution is -2.29. The number of ketones is 1. The van der Waals surface area contributed by atoms with Crippen LogP contribution in [0.4, 0.5) is 5.69 Å². The van der Waals surface area contributed by atoms with Gasteiger partial charge in [-0.15, -0.1) is 0 Å². The van der Waals surface area contributed by atoms with Crippen LogP contribution in [0, 0.1) is 0 Å². The lowest BCUT2D eigenvalue weighted by atomic mass is 9.94.